The summed E-state index contributed by atoms with van der Waals surface area (Å²) in [7, 11) is 1.96. The van der Waals surface area contributed by atoms with E-state index in [-0.39, 0.29) is 6.10 Å². The van der Waals surface area contributed by atoms with E-state index in [1.807, 2.05) is 36.2 Å². The van der Waals surface area contributed by atoms with Crippen molar-refractivity contribution >= 4 is 15.9 Å². The molecule has 0 fully saturated rings. The summed E-state index contributed by atoms with van der Waals surface area (Å²) < 4.78 is 6.60. The second-order valence-electron chi connectivity index (χ2n) is 4.86. The Kier molecular flexibility index (Phi) is 5.28. The summed E-state index contributed by atoms with van der Waals surface area (Å²) in [4.78, 5) is 2.05. The highest BCUT2D eigenvalue weighted by atomic mass is 79.9. The fourth-order valence-electron chi connectivity index (χ4n) is 1.78. The zero-order valence-corrected chi connectivity index (χ0v) is 13.2. The highest BCUT2D eigenvalue weighted by molar-refractivity contribution is 9.10. The van der Waals surface area contributed by atoms with Crippen LogP contribution in [0.3, 0.4) is 0 Å². The summed E-state index contributed by atoms with van der Waals surface area (Å²) in [6.07, 6.45) is 0.429. The number of halogens is 1. The van der Waals surface area contributed by atoms with Gasteiger partial charge in [-0.3, -0.25) is 4.90 Å². The van der Waals surface area contributed by atoms with E-state index in [2.05, 4.69) is 26.1 Å². The van der Waals surface area contributed by atoms with Gasteiger partial charge >= 0.3 is 0 Å². The first-order valence-corrected chi connectivity index (χ1v) is 7.29. The Bertz CT molecular complexity index is 557. The molecule has 1 aromatic carbocycles. The molecule has 0 radical (unpaired) electrons. The summed E-state index contributed by atoms with van der Waals surface area (Å²) in [5, 5.41) is 17.4. The maximum atomic E-state index is 9.27. The molecule has 108 valence electrons. The molecule has 0 aliphatic rings. The van der Waals surface area contributed by atoms with Gasteiger partial charge < -0.3 is 9.52 Å². The normalized spacial score (nSPS) is 12.8. The van der Waals surface area contributed by atoms with Gasteiger partial charge in [0.05, 0.1) is 18.2 Å². The molecule has 20 heavy (non-hydrogen) atoms. The first-order valence-electron chi connectivity index (χ1n) is 6.50. The smallest absolute Gasteiger partial charge is 0.248 e. The highest BCUT2D eigenvalue weighted by Crippen LogP contribution is 2.26. The second-order valence-corrected chi connectivity index (χ2v) is 5.71. The maximum Gasteiger partial charge on any atom is 0.248 e. The predicted molar refractivity (Wildman–Crippen MR) is 80.1 cm³/mol. The van der Waals surface area contributed by atoms with Crippen molar-refractivity contribution in [3.8, 4) is 11.5 Å². The van der Waals surface area contributed by atoms with Crippen LogP contribution in [-0.4, -0.2) is 39.9 Å². The van der Waals surface area contributed by atoms with E-state index in [9.17, 15) is 5.11 Å². The molecule has 0 spiro atoms. The third kappa shape index (κ3) is 4.13. The van der Waals surface area contributed by atoms with Crippen LogP contribution in [0.15, 0.2) is 33.2 Å². The van der Waals surface area contributed by atoms with Crippen molar-refractivity contribution in [2.45, 2.75) is 26.0 Å². The predicted octanol–water partition coefficient (Wildman–Crippen LogP) is 2.70. The molecular formula is C14H18BrN3O2. The van der Waals surface area contributed by atoms with Gasteiger partial charge in [0.25, 0.3) is 0 Å². The molecule has 0 aliphatic carbocycles. The fourth-order valence-corrected chi connectivity index (χ4v) is 2.23. The number of aliphatic hydroxyl groups excluding tert-OH is 1. The van der Waals surface area contributed by atoms with Crippen molar-refractivity contribution in [3.63, 3.8) is 0 Å². The van der Waals surface area contributed by atoms with Crippen molar-refractivity contribution in [2.24, 2.45) is 0 Å². The molecule has 1 heterocycles. The second kappa shape index (κ2) is 6.97. The number of aromatic nitrogens is 2. The van der Waals surface area contributed by atoms with E-state index >= 15 is 0 Å². The van der Waals surface area contributed by atoms with Crippen LogP contribution in [0.25, 0.3) is 11.5 Å². The lowest BCUT2D eigenvalue weighted by Gasteiger charge is -2.14. The quantitative estimate of drug-likeness (QED) is 0.876. The summed E-state index contributed by atoms with van der Waals surface area (Å²) >= 11 is 3.47. The van der Waals surface area contributed by atoms with Gasteiger partial charge in [-0.25, -0.2) is 0 Å². The van der Waals surface area contributed by atoms with Gasteiger partial charge in [-0.15, -0.1) is 10.2 Å². The number of hydrogen-bond donors (Lipinski definition) is 1. The minimum absolute atomic E-state index is 0.295. The lowest BCUT2D eigenvalue weighted by Crippen LogP contribution is -2.22. The number of rotatable bonds is 6. The van der Waals surface area contributed by atoms with Crippen LogP contribution in [-0.2, 0) is 6.54 Å². The number of aliphatic hydroxyl groups is 1. The van der Waals surface area contributed by atoms with Gasteiger partial charge in [0.2, 0.25) is 11.8 Å². The number of benzene rings is 1. The van der Waals surface area contributed by atoms with Crippen molar-refractivity contribution in [3.05, 3.63) is 34.6 Å². The van der Waals surface area contributed by atoms with Crippen LogP contribution >= 0.6 is 15.9 Å². The van der Waals surface area contributed by atoms with Crippen LogP contribution in [0, 0.1) is 0 Å². The average Bonchev–Trinajstić information content (AvgIpc) is 2.85. The molecule has 2 aromatic rings. The van der Waals surface area contributed by atoms with E-state index in [0.29, 0.717) is 18.3 Å². The van der Waals surface area contributed by atoms with E-state index in [1.54, 1.807) is 6.92 Å². The zero-order chi connectivity index (χ0) is 14.5. The van der Waals surface area contributed by atoms with Crippen molar-refractivity contribution in [2.75, 3.05) is 13.6 Å². The first kappa shape index (κ1) is 15.2. The Morgan fingerprint density at radius 2 is 2.10 bits per heavy atom. The number of hydrogen-bond acceptors (Lipinski definition) is 5. The summed E-state index contributed by atoms with van der Waals surface area (Å²) in [5.74, 6) is 1.08. The van der Waals surface area contributed by atoms with Crippen molar-refractivity contribution in [1.82, 2.24) is 15.1 Å². The molecular weight excluding hydrogens is 322 g/mol. The largest absolute Gasteiger partial charge is 0.419 e. The lowest BCUT2D eigenvalue weighted by atomic mass is 10.2. The summed E-state index contributed by atoms with van der Waals surface area (Å²) in [6, 6.07) is 7.74. The standard InChI is InChI=1S/C14H18BrN3O2/c1-10(19)7-8-18(2)9-13-16-17-14(20-13)11-5-3-4-6-12(11)15/h3-6,10,19H,7-9H2,1-2H3. The maximum absolute atomic E-state index is 9.27. The molecule has 5 nitrogen and oxygen atoms in total. The van der Waals surface area contributed by atoms with E-state index in [1.165, 1.54) is 0 Å². The molecule has 6 heteroatoms. The summed E-state index contributed by atoms with van der Waals surface area (Å²) in [5.41, 5.74) is 0.887. The van der Waals surface area contributed by atoms with Crippen LogP contribution in [0.5, 0.6) is 0 Å². The molecule has 0 aliphatic heterocycles. The van der Waals surface area contributed by atoms with Gasteiger partial charge in [0.15, 0.2) is 0 Å². The summed E-state index contributed by atoms with van der Waals surface area (Å²) in [6.45, 7) is 3.14. The molecule has 1 atom stereocenters. The molecule has 0 bridgehead atoms. The Morgan fingerprint density at radius 3 is 2.80 bits per heavy atom. The average molecular weight is 340 g/mol. The third-order valence-electron chi connectivity index (χ3n) is 2.90. The number of nitrogens with zero attached hydrogens (tertiary/aromatic N) is 3. The fraction of sp³-hybridized carbons (Fsp3) is 0.429. The zero-order valence-electron chi connectivity index (χ0n) is 11.6. The van der Waals surface area contributed by atoms with E-state index < -0.39 is 0 Å². The van der Waals surface area contributed by atoms with Crippen molar-refractivity contribution in [1.29, 1.82) is 0 Å². The molecule has 1 aromatic heterocycles. The molecule has 2 rings (SSSR count). The van der Waals surface area contributed by atoms with Gasteiger partial charge in [-0.2, -0.15) is 0 Å². The first-order chi connectivity index (χ1) is 9.56. The Morgan fingerprint density at radius 1 is 1.35 bits per heavy atom. The van der Waals surface area contributed by atoms with E-state index in [0.717, 1.165) is 23.0 Å². The Balaban J connectivity index is 2.01. The van der Waals surface area contributed by atoms with Crippen LogP contribution in [0.4, 0.5) is 0 Å². The lowest BCUT2D eigenvalue weighted by molar-refractivity contribution is 0.159. The van der Waals surface area contributed by atoms with Crippen LogP contribution in [0.2, 0.25) is 0 Å². The molecule has 1 unspecified atom stereocenters. The molecule has 0 saturated heterocycles. The third-order valence-corrected chi connectivity index (χ3v) is 3.60. The van der Waals surface area contributed by atoms with Gasteiger partial charge in [0, 0.05) is 11.0 Å². The topological polar surface area (TPSA) is 62.4 Å². The van der Waals surface area contributed by atoms with Gasteiger partial charge in [-0.05, 0) is 48.5 Å². The molecule has 0 saturated carbocycles. The minimum atomic E-state index is -0.295. The van der Waals surface area contributed by atoms with E-state index in [4.69, 9.17) is 4.42 Å². The molecule has 0 amide bonds. The Hall–Kier alpha value is -1.24. The highest BCUT2D eigenvalue weighted by Gasteiger charge is 2.12. The molecule has 1 N–H and O–H groups in total. The van der Waals surface area contributed by atoms with Crippen LogP contribution in [0.1, 0.15) is 19.2 Å². The van der Waals surface area contributed by atoms with Crippen LogP contribution < -0.4 is 0 Å². The monoisotopic (exact) mass is 339 g/mol. The van der Waals surface area contributed by atoms with Gasteiger partial charge in [-0.1, -0.05) is 12.1 Å². The minimum Gasteiger partial charge on any atom is -0.419 e. The SMILES string of the molecule is CC(O)CCN(C)Cc1nnc(-c2ccccc2Br)o1. The van der Waals surface area contributed by atoms with Crippen molar-refractivity contribution < 1.29 is 9.52 Å². The Labute approximate surface area is 126 Å². The van der Waals surface area contributed by atoms with Gasteiger partial charge in [0.1, 0.15) is 0 Å².